The van der Waals surface area contributed by atoms with Gasteiger partial charge in [-0.25, -0.2) is 0 Å². The largest absolute Gasteiger partial charge is 0.497 e. The molecular formula is C11H16O5. The summed E-state index contributed by atoms with van der Waals surface area (Å²) in [6, 6.07) is 6.03. The lowest BCUT2D eigenvalue weighted by Crippen LogP contribution is -2.51. The van der Waals surface area contributed by atoms with Crippen LogP contribution in [0.25, 0.3) is 0 Å². The second kappa shape index (κ2) is 4.39. The van der Waals surface area contributed by atoms with Crippen LogP contribution < -0.4 is 4.74 Å². The molecule has 0 aromatic heterocycles. The number of hydrogen-bond donors (Lipinski definition) is 4. The Labute approximate surface area is 93.5 Å². The molecule has 0 bridgehead atoms. The van der Waals surface area contributed by atoms with E-state index in [1.165, 1.54) is 26.2 Å². The Morgan fingerprint density at radius 3 is 1.88 bits per heavy atom. The number of ether oxygens (including phenoxy) is 1. The molecule has 1 unspecified atom stereocenters. The summed E-state index contributed by atoms with van der Waals surface area (Å²) in [5.41, 5.74) is -1.93. The van der Waals surface area contributed by atoms with Crippen LogP contribution in [0.2, 0.25) is 0 Å². The van der Waals surface area contributed by atoms with E-state index in [9.17, 15) is 5.11 Å². The molecular weight excluding hydrogens is 212 g/mol. The van der Waals surface area contributed by atoms with Gasteiger partial charge in [-0.05, 0) is 24.1 Å². The van der Waals surface area contributed by atoms with Gasteiger partial charge in [-0.1, -0.05) is 19.1 Å². The monoisotopic (exact) mass is 228 g/mol. The maximum absolute atomic E-state index is 10.0. The molecule has 1 aromatic rings. The van der Waals surface area contributed by atoms with E-state index < -0.39 is 11.6 Å². The van der Waals surface area contributed by atoms with Gasteiger partial charge in [-0.15, -0.1) is 0 Å². The lowest BCUT2D eigenvalue weighted by Gasteiger charge is -2.34. The molecule has 1 aromatic carbocycles. The third-order valence-electron chi connectivity index (χ3n) is 2.63. The Morgan fingerprint density at radius 1 is 1.06 bits per heavy atom. The Balaban J connectivity index is 3.13. The first-order valence-electron chi connectivity index (χ1n) is 4.89. The predicted molar refractivity (Wildman–Crippen MR) is 56.6 cm³/mol. The molecule has 0 aliphatic rings. The van der Waals surface area contributed by atoms with Crippen molar-refractivity contribution < 1.29 is 25.2 Å². The average molecular weight is 228 g/mol. The molecule has 1 rings (SSSR count). The first-order valence-corrected chi connectivity index (χ1v) is 4.89. The number of methoxy groups -OCH3 is 1. The van der Waals surface area contributed by atoms with Crippen molar-refractivity contribution in [1.82, 2.24) is 0 Å². The molecule has 0 aliphatic heterocycles. The number of rotatable bonds is 4. The molecule has 0 aliphatic carbocycles. The van der Waals surface area contributed by atoms with Gasteiger partial charge in [-0.2, -0.15) is 0 Å². The van der Waals surface area contributed by atoms with Gasteiger partial charge in [0.15, 0.2) is 5.60 Å². The quantitative estimate of drug-likeness (QED) is 0.541. The van der Waals surface area contributed by atoms with E-state index in [1.807, 2.05) is 0 Å². The van der Waals surface area contributed by atoms with Gasteiger partial charge in [0.2, 0.25) is 0 Å². The minimum atomic E-state index is -3.18. The fourth-order valence-electron chi connectivity index (χ4n) is 1.50. The molecule has 0 spiro atoms. The zero-order valence-corrected chi connectivity index (χ0v) is 9.21. The first kappa shape index (κ1) is 12.9. The van der Waals surface area contributed by atoms with Gasteiger partial charge < -0.3 is 25.2 Å². The van der Waals surface area contributed by atoms with Gasteiger partial charge in [-0.3, -0.25) is 0 Å². The zero-order valence-electron chi connectivity index (χ0n) is 9.21. The van der Waals surface area contributed by atoms with Crippen molar-refractivity contribution >= 4 is 0 Å². The predicted octanol–water partition coefficient (Wildman–Crippen LogP) is -0.0765. The van der Waals surface area contributed by atoms with E-state index in [0.29, 0.717) is 5.75 Å². The van der Waals surface area contributed by atoms with Gasteiger partial charge in [0.1, 0.15) is 5.75 Å². The van der Waals surface area contributed by atoms with Crippen LogP contribution in [0.15, 0.2) is 24.3 Å². The van der Waals surface area contributed by atoms with E-state index in [1.54, 1.807) is 12.1 Å². The molecule has 0 saturated heterocycles. The standard InChI is InChI=1S/C11H16O5/c1-3-10(12,11(13,14)15)8-4-6-9(16-2)7-5-8/h4-7,12-15H,3H2,1-2H3. The third-order valence-corrected chi connectivity index (χ3v) is 2.63. The molecule has 0 radical (unpaired) electrons. The van der Waals surface area contributed by atoms with Gasteiger partial charge >= 0.3 is 5.97 Å². The SMILES string of the molecule is CCC(O)(c1ccc(OC)cc1)C(O)(O)O. The van der Waals surface area contributed by atoms with Crippen LogP contribution in [-0.4, -0.2) is 33.5 Å². The first-order chi connectivity index (χ1) is 7.35. The minimum Gasteiger partial charge on any atom is -0.497 e. The summed E-state index contributed by atoms with van der Waals surface area (Å²) in [5.74, 6) is -2.61. The van der Waals surface area contributed by atoms with Crippen LogP contribution in [0.3, 0.4) is 0 Å². The van der Waals surface area contributed by atoms with Gasteiger partial charge in [0.05, 0.1) is 7.11 Å². The average Bonchev–Trinajstić information content (AvgIpc) is 2.26. The molecule has 90 valence electrons. The fourth-order valence-corrected chi connectivity index (χ4v) is 1.50. The van der Waals surface area contributed by atoms with Gasteiger partial charge in [0, 0.05) is 0 Å². The summed E-state index contributed by atoms with van der Waals surface area (Å²) in [4.78, 5) is 0. The Morgan fingerprint density at radius 2 is 1.56 bits per heavy atom. The van der Waals surface area contributed by atoms with Crippen LogP contribution in [0.1, 0.15) is 18.9 Å². The van der Waals surface area contributed by atoms with Crippen LogP contribution in [0, 0.1) is 0 Å². The van der Waals surface area contributed by atoms with E-state index in [0.717, 1.165) is 0 Å². The number of hydrogen-bond acceptors (Lipinski definition) is 5. The molecule has 16 heavy (non-hydrogen) atoms. The lowest BCUT2D eigenvalue weighted by molar-refractivity contribution is -0.397. The Kier molecular flexibility index (Phi) is 3.54. The maximum Gasteiger partial charge on any atom is 0.310 e. The third kappa shape index (κ3) is 2.17. The summed E-state index contributed by atoms with van der Waals surface area (Å²) in [6.45, 7) is 1.53. The van der Waals surface area contributed by atoms with Crippen LogP contribution >= 0.6 is 0 Å². The van der Waals surface area contributed by atoms with E-state index in [-0.39, 0.29) is 12.0 Å². The van der Waals surface area contributed by atoms with Crippen LogP contribution in [0.4, 0.5) is 0 Å². The Hall–Kier alpha value is -1.14. The van der Waals surface area contributed by atoms with Crippen molar-refractivity contribution in [2.24, 2.45) is 0 Å². The molecule has 1 atom stereocenters. The highest BCUT2D eigenvalue weighted by Crippen LogP contribution is 2.33. The lowest BCUT2D eigenvalue weighted by atomic mass is 9.88. The van der Waals surface area contributed by atoms with E-state index >= 15 is 0 Å². The van der Waals surface area contributed by atoms with Crippen molar-refractivity contribution in [3.63, 3.8) is 0 Å². The summed E-state index contributed by atoms with van der Waals surface area (Å²) in [7, 11) is 1.50. The fraction of sp³-hybridized carbons (Fsp3) is 0.455. The summed E-state index contributed by atoms with van der Waals surface area (Å²) < 4.78 is 4.93. The van der Waals surface area contributed by atoms with Crippen molar-refractivity contribution in [2.75, 3.05) is 7.11 Å². The molecule has 5 heteroatoms. The highest BCUT2D eigenvalue weighted by atomic mass is 16.7. The molecule has 0 amide bonds. The smallest absolute Gasteiger partial charge is 0.310 e. The zero-order chi connectivity index (χ0) is 12.4. The van der Waals surface area contributed by atoms with E-state index in [4.69, 9.17) is 20.1 Å². The molecule has 5 nitrogen and oxygen atoms in total. The maximum atomic E-state index is 10.0. The molecule has 0 fully saturated rings. The second-order valence-corrected chi connectivity index (χ2v) is 3.58. The molecule has 0 saturated carbocycles. The number of aliphatic hydroxyl groups is 4. The van der Waals surface area contributed by atoms with Crippen molar-refractivity contribution in [2.45, 2.75) is 24.9 Å². The topological polar surface area (TPSA) is 90.2 Å². The van der Waals surface area contributed by atoms with E-state index in [2.05, 4.69) is 0 Å². The molecule has 0 heterocycles. The second-order valence-electron chi connectivity index (χ2n) is 3.58. The van der Waals surface area contributed by atoms with Crippen LogP contribution in [0.5, 0.6) is 5.75 Å². The normalized spacial score (nSPS) is 15.6. The highest BCUT2D eigenvalue weighted by molar-refractivity contribution is 5.31. The van der Waals surface area contributed by atoms with Crippen molar-refractivity contribution in [3.8, 4) is 5.75 Å². The van der Waals surface area contributed by atoms with Crippen LogP contribution in [-0.2, 0) is 5.60 Å². The Bertz CT molecular complexity index is 340. The van der Waals surface area contributed by atoms with Crippen molar-refractivity contribution in [1.29, 1.82) is 0 Å². The molecule has 4 N–H and O–H groups in total. The minimum absolute atomic E-state index is 0.0527. The van der Waals surface area contributed by atoms with Crippen molar-refractivity contribution in [3.05, 3.63) is 29.8 Å². The number of benzene rings is 1. The van der Waals surface area contributed by atoms with Gasteiger partial charge in [0.25, 0.3) is 0 Å². The summed E-state index contributed by atoms with van der Waals surface area (Å²) in [6.07, 6.45) is -0.0527. The summed E-state index contributed by atoms with van der Waals surface area (Å²) in [5, 5.41) is 37.4. The summed E-state index contributed by atoms with van der Waals surface area (Å²) >= 11 is 0. The highest BCUT2D eigenvalue weighted by Gasteiger charge is 2.47.